The Morgan fingerprint density at radius 2 is 2.05 bits per heavy atom. The van der Waals surface area contributed by atoms with Crippen LogP contribution in [0.3, 0.4) is 0 Å². The molecule has 2 aliphatic rings. The Morgan fingerprint density at radius 1 is 1.26 bits per heavy atom. The number of hydrogen-bond acceptors (Lipinski definition) is 2. The molecule has 1 atom stereocenters. The summed E-state index contributed by atoms with van der Waals surface area (Å²) in [6, 6.07) is 0. The number of aryl methyl sites for hydroxylation is 1. The van der Waals surface area contributed by atoms with Crippen molar-refractivity contribution in [1.82, 2.24) is 14.5 Å². The molecule has 0 amide bonds. The van der Waals surface area contributed by atoms with Gasteiger partial charge in [-0.2, -0.15) is 0 Å². The summed E-state index contributed by atoms with van der Waals surface area (Å²) in [6.07, 6.45) is 8.59. The molecule has 2 aliphatic heterocycles. The predicted octanol–water partition coefficient (Wildman–Crippen LogP) is 2.74. The second-order valence-corrected chi connectivity index (χ2v) is 6.50. The third kappa shape index (κ3) is 2.86. The fourth-order valence-corrected chi connectivity index (χ4v) is 3.60. The highest BCUT2D eigenvalue weighted by Gasteiger charge is 2.23. The smallest absolute Gasteiger partial charge is 0.109 e. The van der Waals surface area contributed by atoms with Gasteiger partial charge in [0.05, 0.1) is 0 Å². The van der Waals surface area contributed by atoms with Crippen molar-refractivity contribution < 1.29 is 0 Å². The molecule has 3 heterocycles. The molecule has 1 aromatic rings. The third-order valence-electron chi connectivity index (χ3n) is 5.03. The Morgan fingerprint density at radius 3 is 2.79 bits per heavy atom. The molecular formula is C16H27N3. The normalized spacial score (nSPS) is 25.5. The van der Waals surface area contributed by atoms with Crippen molar-refractivity contribution in [2.75, 3.05) is 19.6 Å². The minimum absolute atomic E-state index is 0.822. The number of nitrogens with zero attached hydrogens (tertiary/aromatic N) is 3. The molecule has 0 spiro atoms. The van der Waals surface area contributed by atoms with Crippen LogP contribution in [0.2, 0.25) is 0 Å². The maximum Gasteiger partial charge on any atom is 0.109 e. The van der Waals surface area contributed by atoms with Crippen LogP contribution in [0, 0.1) is 11.8 Å². The lowest BCUT2D eigenvalue weighted by molar-refractivity contribution is 0.189. The SMILES string of the molecule is CCN1CCC(Cc2ncc3n2CC(C)CC3)CC1. The van der Waals surface area contributed by atoms with Gasteiger partial charge in [0.25, 0.3) is 0 Å². The molecule has 0 aliphatic carbocycles. The van der Waals surface area contributed by atoms with Crippen molar-refractivity contribution in [2.24, 2.45) is 11.8 Å². The summed E-state index contributed by atoms with van der Waals surface area (Å²) < 4.78 is 2.51. The number of piperidine rings is 1. The Balaban J connectivity index is 1.63. The molecule has 0 aromatic carbocycles. The summed E-state index contributed by atoms with van der Waals surface area (Å²) in [5.41, 5.74) is 1.47. The number of hydrogen-bond donors (Lipinski definition) is 0. The van der Waals surface area contributed by atoms with Gasteiger partial charge in [0, 0.05) is 24.9 Å². The summed E-state index contributed by atoms with van der Waals surface area (Å²) in [4.78, 5) is 7.28. The van der Waals surface area contributed by atoms with Gasteiger partial charge in [0.15, 0.2) is 0 Å². The fourth-order valence-electron chi connectivity index (χ4n) is 3.60. The van der Waals surface area contributed by atoms with Crippen LogP contribution in [0.1, 0.15) is 44.6 Å². The van der Waals surface area contributed by atoms with Gasteiger partial charge in [-0.05, 0) is 57.2 Å². The fraction of sp³-hybridized carbons (Fsp3) is 0.812. The average Bonchev–Trinajstić information content (AvgIpc) is 2.82. The topological polar surface area (TPSA) is 21.1 Å². The van der Waals surface area contributed by atoms with E-state index in [2.05, 4.69) is 29.5 Å². The summed E-state index contributed by atoms with van der Waals surface area (Å²) in [7, 11) is 0. The maximum absolute atomic E-state index is 4.71. The molecule has 3 heteroatoms. The van der Waals surface area contributed by atoms with Crippen molar-refractivity contribution in [3.05, 3.63) is 17.7 Å². The van der Waals surface area contributed by atoms with Crippen LogP contribution in [-0.4, -0.2) is 34.1 Å². The summed E-state index contributed by atoms with van der Waals surface area (Å²) >= 11 is 0. The Bertz CT molecular complexity index is 416. The molecule has 1 fully saturated rings. The lowest BCUT2D eigenvalue weighted by Crippen LogP contribution is -2.34. The van der Waals surface area contributed by atoms with Crippen LogP contribution in [0.4, 0.5) is 0 Å². The van der Waals surface area contributed by atoms with Crippen molar-refractivity contribution in [1.29, 1.82) is 0 Å². The zero-order valence-electron chi connectivity index (χ0n) is 12.4. The van der Waals surface area contributed by atoms with Gasteiger partial charge in [-0.15, -0.1) is 0 Å². The largest absolute Gasteiger partial charge is 0.332 e. The summed E-state index contributed by atoms with van der Waals surface area (Å²) in [5.74, 6) is 3.03. The molecule has 0 bridgehead atoms. The van der Waals surface area contributed by atoms with Gasteiger partial charge in [-0.1, -0.05) is 13.8 Å². The van der Waals surface area contributed by atoms with E-state index in [-0.39, 0.29) is 0 Å². The van der Waals surface area contributed by atoms with Gasteiger partial charge in [0.2, 0.25) is 0 Å². The van der Waals surface area contributed by atoms with E-state index in [0.717, 1.165) is 11.8 Å². The van der Waals surface area contributed by atoms with Gasteiger partial charge in [-0.25, -0.2) is 4.98 Å². The molecular weight excluding hydrogens is 234 g/mol. The minimum Gasteiger partial charge on any atom is -0.332 e. The van der Waals surface area contributed by atoms with Crippen LogP contribution < -0.4 is 0 Å². The first-order valence-corrected chi connectivity index (χ1v) is 8.02. The van der Waals surface area contributed by atoms with Crippen LogP contribution in [0.15, 0.2) is 6.20 Å². The molecule has 3 rings (SSSR count). The molecule has 106 valence electrons. The van der Waals surface area contributed by atoms with Crippen LogP contribution in [0.25, 0.3) is 0 Å². The molecule has 0 N–H and O–H groups in total. The highest BCUT2D eigenvalue weighted by atomic mass is 15.1. The Labute approximate surface area is 117 Å². The molecule has 1 saturated heterocycles. The van der Waals surface area contributed by atoms with E-state index in [1.807, 2.05) is 0 Å². The maximum atomic E-state index is 4.71. The molecule has 0 radical (unpaired) electrons. The number of rotatable bonds is 3. The number of aromatic nitrogens is 2. The van der Waals surface area contributed by atoms with Crippen molar-refractivity contribution in [2.45, 2.75) is 52.5 Å². The molecule has 19 heavy (non-hydrogen) atoms. The van der Waals surface area contributed by atoms with Gasteiger partial charge >= 0.3 is 0 Å². The van der Waals surface area contributed by atoms with E-state index in [0.29, 0.717) is 0 Å². The van der Waals surface area contributed by atoms with Gasteiger partial charge in [-0.3, -0.25) is 0 Å². The summed E-state index contributed by atoms with van der Waals surface area (Å²) in [6.45, 7) is 9.61. The van der Waals surface area contributed by atoms with Gasteiger partial charge in [0.1, 0.15) is 5.82 Å². The van der Waals surface area contributed by atoms with Crippen molar-refractivity contribution >= 4 is 0 Å². The first-order chi connectivity index (χ1) is 9.26. The third-order valence-corrected chi connectivity index (χ3v) is 5.03. The number of likely N-dealkylation sites (tertiary alicyclic amines) is 1. The van der Waals surface area contributed by atoms with Crippen LogP contribution in [0.5, 0.6) is 0 Å². The zero-order chi connectivity index (χ0) is 13.2. The second kappa shape index (κ2) is 5.66. The first kappa shape index (κ1) is 13.2. The molecule has 0 saturated carbocycles. The lowest BCUT2D eigenvalue weighted by atomic mass is 9.93. The monoisotopic (exact) mass is 261 g/mol. The van der Waals surface area contributed by atoms with Crippen molar-refractivity contribution in [3.8, 4) is 0 Å². The quantitative estimate of drug-likeness (QED) is 0.834. The van der Waals surface area contributed by atoms with Crippen molar-refractivity contribution in [3.63, 3.8) is 0 Å². The Hall–Kier alpha value is -0.830. The minimum atomic E-state index is 0.822. The predicted molar refractivity (Wildman–Crippen MR) is 78.3 cm³/mol. The van der Waals surface area contributed by atoms with Crippen LogP contribution in [-0.2, 0) is 19.4 Å². The van der Waals surface area contributed by atoms with E-state index in [4.69, 9.17) is 4.98 Å². The number of fused-ring (bicyclic) bond motifs is 1. The second-order valence-electron chi connectivity index (χ2n) is 6.50. The van der Waals surface area contributed by atoms with E-state index >= 15 is 0 Å². The highest BCUT2D eigenvalue weighted by Crippen LogP contribution is 2.25. The zero-order valence-corrected chi connectivity index (χ0v) is 12.4. The first-order valence-electron chi connectivity index (χ1n) is 8.02. The molecule has 3 nitrogen and oxygen atoms in total. The molecule has 1 aromatic heterocycles. The van der Waals surface area contributed by atoms with E-state index in [1.165, 1.54) is 69.8 Å². The average molecular weight is 261 g/mol. The van der Waals surface area contributed by atoms with E-state index < -0.39 is 0 Å². The number of imidazole rings is 1. The van der Waals surface area contributed by atoms with Gasteiger partial charge < -0.3 is 9.47 Å². The van der Waals surface area contributed by atoms with Crippen LogP contribution >= 0.6 is 0 Å². The standard InChI is InChI=1S/C16H27N3/c1-3-18-8-6-14(7-9-18)10-16-17-11-15-5-4-13(2)12-19(15)16/h11,13-14H,3-10,12H2,1-2H3. The lowest BCUT2D eigenvalue weighted by Gasteiger charge is -2.31. The summed E-state index contributed by atoms with van der Waals surface area (Å²) in [5, 5.41) is 0. The molecule has 1 unspecified atom stereocenters. The van der Waals surface area contributed by atoms with E-state index in [1.54, 1.807) is 0 Å². The highest BCUT2D eigenvalue weighted by molar-refractivity contribution is 5.09. The van der Waals surface area contributed by atoms with E-state index in [9.17, 15) is 0 Å². The Kier molecular flexibility index (Phi) is 3.92.